The molecule has 0 amide bonds. The summed E-state index contributed by atoms with van der Waals surface area (Å²) >= 11 is 0. The van der Waals surface area contributed by atoms with Crippen molar-refractivity contribution in [3.8, 4) is 0 Å². The maximum absolute atomic E-state index is 3.46. The summed E-state index contributed by atoms with van der Waals surface area (Å²) in [7, 11) is 0. The van der Waals surface area contributed by atoms with Crippen LogP contribution in [0.2, 0.25) is 0 Å². The van der Waals surface area contributed by atoms with E-state index in [0.29, 0.717) is 0 Å². The Labute approximate surface area is 82.7 Å². The molecule has 1 aliphatic rings. The third kappa shape index (κ3) is 3.65. The van der Waals surface area contributed by atoms with Gasteiger partial charge in [-0.1, -0.05) is 20.3 Å². The third-order valence-electron chi connectivity index (χ3n) is 2.98. The van der Waals surface area contributed by atoms with Crippen LogP contribution in [-0.4, -0.2) is 37.1 Å². The molecule has 1 rings (SSSR count). The summed E-state index contributed by atoms with van der Waals surface area (Å²) in [6, 6.07) is 0.838. The van der Waals surface area contributed by atoms with Crippen LogP contribution < -0.4 is 5.32 Å². The fraction of sp³-hybridized carbons (Fsp3) is 1.00. The zero-order chi connectivity index (χ0) is 9.52. The molecule has 1 saturated heterocycles. The van der Waals surface area contributed by atoms with E-state index in [4.69, 9.17) is 0 Å². The quantitative estimate of drug-likeness (QED) is 0.717. The van der Waals surface area contributed by atoms with Crippen LogP contribution in [0.3, 0.4) is 0 Å². The van der Waals surface area contributed by atoms with E-state index in [1.165, 1.54) is 51.9 Å². The predicted molar refractivity (Wildman–Crippen MR) is 58.0 cm³/mol. The van der Waals surface area contributed by atoms with Crippen molar-refractivity contribution in [3.63, 3.8) is 0 Å². The van der Waals surface area contributed by atoms with Gasteiger partial charge in [0.2, 0.25) is 0 Å². The van der Waals surface area contributed by atoms with Crippen molar-refractivity contribution in [2.45, 2.75) is 45.6 Å². The van der Waals surface area contributed by atoms with Crippen LogP contribution in [0, 0.1) is 0 Å². The highest BCUT2D eigenvalue weighted by molar-refractivity contribution is 4.73. The van der Waals surface area contributed by atoms with Crippen molar-refractivity contribution < 1.29 is 0 Å². The van der Waals surface area contributed by atoms with Crippen molar-refractivity contribution in [3.05, 3.63) is 0 Å². The monoisotopic (exact) mass is 184 g/mol. The van der Waals surface area contributed by atoms with Crippen LogP contribution in [0.1, 0.15) is 39.5 Å². The standard InChI is InChI=1S/C11H24N2/c1-3-6-11(4-2)13-9-5-7-12-8-10-13/h11-12H,3-10H2,1-2H3/t11-/m1/s1. The predicted octanol–water partition coefficient (Wildman–Crippen LogP) is 1.86. The minimum absolute atomic E-state index is 0.838. The lowest BCUT2D eigenvalue weighted by atomic mass is 10.1. The molecule has 13 heavy (non-hydrogen) atoms. The molecule has 0 radical (unpaired) electrons. The van der Waals surface area contributed by atoms with Crippen molar-refractivity contribution in [1.82, 2.24) is 10.2 Å². The number of nitrogens with one attached hydrogen (secondary N) is 1. The molecule has 1 heterocycles. The first-order valence-electron chi connectivity index (χ1n) is 5.83. The Hall–Kier alpha value is -0.0800. The lowest BCUT2D eigenvalue weighted by Crippen LogP contribution is -2.37. The van der Waals surface area contributed by atoms with Crippen molar-refractivity contribution >= 4 is 0 Å². The maximum Gasteiger partial charge on any atom is 0.0110 e. The normalized spacial score (nSPS) is 22.6. The number of hydrogen-bond donors (Lipinski definition) is 1. The van der Waals surface area contributed by atoms with Gasteiger partial charge in [-0.05, 0) is 32.4 Å². The largest absolute Gasteiger partial charge is 0.315 e. The summed E-state index contributed by atoms with van der Waals surface area (Å²) in [6.07, 6.45) is 5.33. The Morgan fingerprint density at radius 3 is 2.77 bits per heavy atom. The van der Waals surface area contributed by atoms with Crippen molar-refractivity contribution in [1.29, 1.82) is 0 Å². The van der Waals surface area contributed by atoms with Gasteiger partial charge in [0.05, 0.1) is 0 Å². The van der Waals surface area contributed by atoms with Gasteiger partial charge < -0.3 is 5.32 Å². The van der Waals surface area contributed by atoms with Gasteiger partial charge in [0.1, 0.15) is 0 Å². The molecule has 1 atom stereocenters. The highest BCUT2D eigenvalue weighted by Crippen LogP contribution is 2.11. The molecule has 0 aliphatic carbocycles. The zero-order valence-electron chi connectivity index (χ0n) is 9.18. The van der Waals surface area contributed by atoms with Gasteiger partial charge in [-0.15, -0.1) is 0 Å². The fourth-order valence-corrected chi connectivity index (χ4v) is 2.21. The topological polar surface area (TPSA) is 15.3 Å². The van der Waals surface area contributed by atoms with Crippen LogP contribution in [0.5, 0.6) is 0 Å². The molecular formula is C11H24N2. The van der Waals surface area contributed by atoms with Gasteiger partial charge in [-0.3, -0.25) is 4.90 Å². The van der Waals surface area contributed by atoms with E-state index in [2.05, 4.69) is 24.1 Å². The average Bonchev–Trinajstić information content (AvgIpc) is 2.42. The highest BCUT2D eigenvalue weighted by Gasteiger charge is 2.16. The van der Waals surface area contributed by atoms with Crippen molar-refractivity contribution in [2.24, 2.45) is 0 Å². The van der Waals surface area contributed by atoms with Crippen LogP contribution >= 0.6 is 0 Å². The number of nitrogens with zero attached hydrogens (tertiary/aromatic N) is 1. The average molecular weight is 184 g/mol. The van der Waals surface area contributed by atoms with Crippen molar-refractivity contribution in [2.75, 3.05) is 26.2 Å². The molecule has 78 valence electrons. The van der Waals surface area contributed by atoms with Crippen LogP contribution in [0.15, 0.2) is 0 Å². The summed E-state index contributed by atoms with van der Waals surface area (Å²) in [5, 5.41) is 3.46. The summed E-state index contributed by atoms with van der Waals surface area (Å²) < 4.78 is 0. The first-order chi connectivity index (χ1) is 6.38. The molecule has 1 N–H and O–H groups in total. The molecule has 0 unspecified atom stereocenters. The molecule has 0 saturated carbocycles. The Morgan fingerprint density at radius 1 is 1.23 bits per heavy atom. The minimum atomic E-state index is 0.838. The van der Waals surface area contributed by atoms with E-state index in [1.807, 2.05) is 0 Å². The molecule has 2 heteroatoms. The molecule has 0 aromatic carbocycles. The number of hydrogen-bond acceptors (Lipinski definition) is 2. The van der Waals surface area contributed by atoms with Crippen LogP contribution in [0.25, 0.3) is 0 Å². The molecule has 0 aromatic heterocycles. The SMILES string of the molecule is CCC[C@@H](CC)N1CCCNCC1. The lowest BCUT2D eigenvalue weighted by Gasteiger charge is -2.29. The molecule has 1 aliphatic heterocycles. The van der Waals surface area contributed by atoms with Gasteiger partial charge in [0, 0.05) is 19.1 Å². The van der Waals surface area contributed by atoms with Gasteiger partial charge in [-0.25, -0.2) is 0 Å². The molecule has 2 nitrogen and oxygen atoms in total. The van der Waals surface area contributed by atoms with Crippen LogP contribution in [-0.2, 0) is 0 Å². The van der Waals surface area contributed by atoms with E-state index in [1.54, 1.807) is 0 Å². The van der Waals surface area contributed by atoms with E-state index in [0.717, 1.165) is 6.04 Å². The first-order valence-corrected chi connectivity index (χ1v) is 5.83. The van der Waals surface area contributed by atoms with Crippen LogP contribution in [0.4, 0.5) is 0 Å². The second-order valence-electron chi connectivity index (χ2n) is 3.99. The van der Waals surface area contributed by atoms with E-state index < -0.39 is 0 Å². The van der Waals surface area contributed by atoms with Gasteiger partial charge in [0.15, 0.2) is 0 Å². The van der Waals surface area contributed by atoms with Gasteiger partial charge >= 0.3 is 0 Å². The fourth-order valence-electron chi connectivity index (χ4n) is 2.21. The maximum atomic E-state index is 3.46. The van der Waals surface area contributed by atoms with E-state index >= 15 is 0 Å². The van der Waals surface area contributed by atoms with Gasteiger partial charge in [0.25, 0.3) is 0 Å². The Kier molecular flexibility index (Phi) is 5.40. The Bertz CT molecular complexity index is 117. The Morgan fingerprint density at radius 2 is 2.08 bits per heavy atom. The number of rotatable bonds is 4. The third-order valence-corrected chi connectivity index (χ3v) is 2.98. The molecule has 0 bridgehead atoms. The summed E-state index contributed by atoms with van der Waals surface area (Å²) in [4.78, 5) is 2.67. The second kappa shape index (κ2) is 6.39. The smallest absolute Gasteiger partial charge is 0.0110 e. The van der Waals surface area contributed by atoms with Gasteiger partial charge in [-0.2, -0.15) is 0 Å². The molecule has 0 aromatic rings. The van der Waals surface area contributed by atoms with E-state index in [9.17, 15) is 0 Å². The zero-order valence-corrected chi connectivity index (χ0v) is 9.18. The molecular weight excluding hydrogens is 160 g/mol. The second-order valence-corrected chi connectivity index (χ2v) is 3.99. The summed E-state index contributed by atoms with van der Waals surface area (Å²) in [5.41, 5.74) is 0. The Balaban J connectivity index is 2.35. The summed E-state index contributed by atoms with van der Waals surface area (Å²) in [5.74, 6) is 0. The minimum Gasteiger partial charge on any atom is -0.315 e. The van der Waals surface area contributed by atoms with E-state index in [-0.39, 0.29) is 0 Å². The molecule has 1 fully saturated rings. The first kappa shape index (κ1) is 11.0. The summed E-state index contributed by atoms with van der Waals surface area (Å²) in [6.45, 7) is 9.54. The lowest BCUT2D eigenvalue weighted by molar-refractivity contribution is 0.192. The molecule has 0 spiro atoms. The highest BCUT2D eigenvalue weighted by atomic mass is 15.2.